The highest BCUT2D eigenvalue weighted by Gasteiger charge is 2.18. The Hall–Kier alpha value is -0.220. The molecule has 4 heteroatoms. The van der Waals surface area contributed by atoms with E-state index in [1.165, 1.54) is 0 Å². The number of hydrogen-bond acceptors (Lipinski definition) is 3. The molecule has 0 fully saturated rings. The molecule has 0 aliphatic rings. The Morgan fingerprint density at radius 3 is 2.31 bits per heavy atom. The van der Waals surface area contributed by atoms with Gasteiger partial charge in [-0.3, -0.25) is 4.79 Å². The molecular formula is C12H25NO2S. The van der Waals surface area contributed by atoms with Crippen molar-refractivity contribution in [3.8, 4) is 0 Å². The Balaban J connectivity index is 4.00. The first kappa shape index (κ1) is 15.8. The van der Waals surface area contributed by atoms with Crippen molar-refractivity contribution >= 4 is 17.7 Å². The van der Waals surface area contributed by atoms with Crippen LogP contribution in [-0.4, -0.2) is 34.2 Å². The highest BCUT2D eigenvalue weighted by atomic mass is 32.2. The molecule has 0 bridgehead atoms. The highest BCUT2D eigenvalue weighted by Crippen LogP contribution is 2.22. The van der Waals surface area contributed by atoms with Crippen molar-refractivity contribution in [2.75, 3.05) is 12.4 Å². The molecule has 0 aromatic carbocycles. The van der Waals surface area contributed by atoms with E-state index < -0.39 is 0 Å². The Kier molecular flexibility index (Phi) is 7.07. The molecule has 0 radical (unpaired) electrons. The van der Waals surface area contributed by atoms with Gasteiger partial charge in [-0.1, -0.05) is 34.6 Å². The van der Waals surface area contributed by atoms with Gasteiger partial charge in [0.15, 0.2) is 0 Å². The van der Waals surface area contributed by atoms with Crippen LogP contribution in [0.15, 0.2) is 0 Å². The van der Waals surface area contributed by atoms with Crippen LogP contribution >= 0.6 is 11.8 Å². The summed E-state index contributed by atoms with van der Waals surface area (Å²) in [5.41, 5.74) is 0. The van der Waals surface area contributed by atoms with Gasteiger partial charge in [0.1, 0.15) is 0 Å². The second kappa shape index (κ2) is 7.17. The van der Waals surface area contributed by atoms with Crippen molar-refractivity contribution in [2.24, 2.45) is 5.92 Å². The molecule has 1 amide bonds. The second-order valence-corrected chi connectivity index (χ2v) is 7.13. The van der Waals surface area contributed by atoms with Crippen LogP contribution in [0.2, 0.25) is 0 Å². The van der Waals surface area contributed by atoms with Gasteiger partial charge in [0.25, 0.3) is 0 Å². The standard InChI is InChI=1S/C12H25NO2S/c1-9(2)10(6-7-14)13-11(15)8-16-12(3,4)5/h9-10,14H,6-8H2,1-5H3,(H,13,15). The molecule has 0 aliphatic carbocycles. The molecule has 1 unspecified atom stereocenters. The third-order valence-corrected chi connectivity index (χ3v) is 3.50. The fourth-order valence-electron chi connectivity index (χ4n) is 1.24. The minimum Gasteiger partial charge on any atom is -0.396 e. The van der Waals surface area contributed by atoms with Crippen molar-refractivity contribution in [1.29, 1.82) is 0 Å². The van der Waals surface area contributed by atoms with Gasteiger partial charge in [0, 0.05) is 17.4 Å². The van der Waals surface area contributed by atoms with Crippen LogP contribution in [0, 0.1) is 5.92 Å². The summed E-state index contributed by atoms with van der Waals surface area (Å²) >= 11 is 1.64. The average Bonchev–Trinajstić information content (AvgIpc) is 2.13. The molecule has 16 heavy (non-hydrogen) atoms. The molecule has 0 aliphatic heterocycles. The number of nitrogens with one attached hydrogen (secondary N) is 1. The normalized spacial score (nSPS) is 13.9. The fraction of sp³-hybridized carbons (Fsp3) is 0.917. The van der Waals surface area contributed by atoms with Gasteiger partial charge in [0.05, 0.1) is 5.75 Å². The van der Waals surface area contributed by atoms with Crippen molar-refractivity contribution < 1.29 is 9.90 Å². The third kappa shape index (κ3) is 7.99. The summed E-state index contributed by atoms with van der Waals surface area (Å²) < 4.78 is 0.113. The summed E-state index contributed by atoms with van der Waals surface area (Å²) in [6.07, 6.45) is 0.629. The Labute approximate surface area is 103 Å². The summed E-state index contributed by atoms with van der Waals surface area (Å²) in [7, 11) is 0. The summed E-state index contributed by atoms with van der Waals surface area (Å²) in [4.78, 5) is 11.7. The van der Waals surface area contributed by atoms with Gasteiger partial charge in [-0.25, -0.2) is 0 Å². The van der Waals surface area contributed by atoms with Crippen LogP contribution in [0.1, 0.15) is 41.0 Å². The van der Waals surface area contributed by atoms with Gasteiger partial charge in [-0.2, -0.15) is 0 Å². The lowest BCUT2D eigenvalue weighted by Gasteiger charge is -2.23. The second-order valence-electron chi connectivity index (χ2n) is 5.33. The summed E-state index contributed by atoms with van der Waals surface area (Å²) in [5.74, 6) is 0.904. The lowest BCUT2D eigenvalue weighted by molar-refractivity contribution is -0.119. The minimum atomic E-state index is 0.0621. The summed E-state index contributed by atoms with van der Waals surface area (Å²) in [6, 6.07) is 0.0815. The molecule has 0 rings (SSSR count). The third-order valence-electron chi connectivity index (χ3n) is 2.23. The van der Waals surface area contributed by atoms with E-state index in [0.717, 1.165) is 0 Å². The molecule has 0 aromatic heterocycles. The van der Waals surface area contributed by atoms with E-state index in [9.17, 15) is 4.79 Å². The summed E-state index contributed by atoms with van der Waals surface area (Å²) in [5, 5.41) is 11.9. The topological polar surface area (TPSA) is 49.3 Å². The van der Waals surface area contributed by atoms with Crippen LogP contribution in [0.4, 0.5) is 0 Å². The maximum atomic E-state index is 11.7. The van der Waals surface area contributed by atoms with Gasteiger partial charge in [-0.15, -0.1) is 11.8 Å². The molecule has 0 aromatic rings. The number of amides is 1. The van der Waals surface area contributed by atoms with Crippen LogP contribution in [-0.2, 0) is 4.79 Å². The predicted octanol–water partition coefficient (Wildman–Crippen LogP) is 2.04. The van der Waals surface area contributed by atoms with Gasteiger partial charge < -0.3 is 10.4 Å². The molecule has 2 N–H and O–H groups in total. The van der Waals surface area contributed by atoms with Crippen LogP contribution in [0.3, 0.4) is 0 Å². The van der Waals surface area contributed by atoms with Gasteiger partial charge >= 0.3 is 0 Å². The van der Waals surface area contributed by atoms with E-state index in [0.29, 0.717) is 18.1 Å². The molecule has 96 valence electrons. The Bertz CT molecular complexity index is 212. The average molecular weight is 247 g/mol. The molecule has 0 saturated heterocycles. The number of rotatable bonds is 6. The molecule has 0 saturated carbocycles. The van der Waals surface area contributed by atoms with Crippen LogP contribution in [0.5, 0.6) is 0 Å². The van der Waals surface area contributed by atoms with E-state index in [1.807, 2.05) is 0 Å². The SMILES string of the molecule is CC(C)C(CCO)NC(=O)CSC(C)(C)C. The predicted molar refractivity (Wildman–Crippen MR) is 70.7 cm³/mol. The number of aliphatic hydroxyl groups excluding tert-OH is 1. The van der Waals surface area contributed by atoms with Crippen LogP contribution in [0.25, 0.3) is 0 Å². The number of carbonyl (C=O) groups is 1. The Morgan fingerprint density at radius 1 is 1.38 bits per heavy atom. The van der Waals surface area contributed by atoms with Crippen molar-refractivity contribution in [3.05, 3.63) is 0 Å². The van der Waals surface area contributed by atoms with Gasteiger partial charge in [0.2, 0.25) is 5.91 Å². The van der Waals surface area contributed by atoms with E-state index in [-0.39, 0.29) is 23.3 Å². The number of hydrogen-bond donors (Lipinski definition) is 2. The highest BCUT2D eigenvalue weighted by molar-refractivity contribution is 8.01. The van der Waals surface area contributed by atoms with E-state index in [4.69, 9.17) is 5.11 Å². The molecule has 1 atom stereocenters. The van der Waals surface area contributed by atoms with Gasteiger partial charge in [-0.05, 0) is 12.3 Å². The van der Waals surface area contributed by atoms with E-state index >= 15 is 0 Å². The lowest BCUT2D eigenvalue weighted by atomic mass is 10.0. The zero-order chi connectivity index (χ0) is 12.8. The maximum Gasteiger partial charge on any atom is 0.230 e. The van der Waals surface area contributed by atoms with E-state index in [2.05, 4.69) is 39.9 Å². The lowest BCUT2D eigenvalue weighted by Crippen LogP contribution is -2.40. The van der Waals surface area contributed by atoms with E-state index in [1.54, 1.807) is 11.8 Å². The fourth-order valence-corrected chi connectivity index (χ4v) is 1.89. The monoisotopic (exact) mass is 247 g/mol. The minimum absolute atomic E-state index is 0.0621. The summed E-state index contributed by atoms with van der Waals surface area (Å²) in [6.45, 7) is 10.5. The molecular weight excluding hydrogens is 222 g/mol. The first-order valence-corrected chi connectivity index (χ1v) is 6.79. The van der Waals surface area contributed by atoms with Crippen molar-refractivity contribution in [3.63, 3.8) is 0 Å². The number of carbonyl (C=O) groups excluding carboxylic acids is 1. The Morgan fingerprint density at radius 2 is 1.94 bits per heavy atom. The zero-order valence-electron chi connectivity index (χ0n) is 11.0. The first-order valence-electron chi connectivity index (χ1n) is 5.80. The molecule has 3 nitrogen and oxygen atoms in total. The molecule has 0 spiro atoms. The largest absolute Gasteiger partial charge is 0.396 e. The zero-order valence-corrected chi connectivity index (χ0v) is 11.9. The molecule has 0 heterocycles. The van der Waals surface area contributed by atoms with Crippen LogP contribution < -0.4 is 5.32 Å². The van der Waals surface area contributed by atoms with Crippen molar-refractivity contribution in [1.82, 2.24) is 5.32 Å². The van der Waals surface area contributed by atoms with Crippen molar-refractivity contribution in [2.45, 2.75) is 51.8 Å². The quantitative estimate of drug-likeness (QED) is 0.755. The smallest absolute Gasteiger partial charge is 0.230 e. The first-order chi connectivity index (χ1) is 7.26. The number of thioether (sulfide) groups is 1. The number of aliphatic hydroxyl groups is 1. The maximum absolute atomic E-state index is 11.7.